The fourth-order valence-corrected chi connectivity index (χ4v) is 4.57. The number of hydrogen-bond donors (Lipinski definition) is 2. The normalized spacial score (nSPS) is 15.9. The topological polar surface area (TPSA) is 91.0 Å². The molecule has 1 atom stereocenters. The molecule has 0 saturated heterocycles. The van der Waals surface area contributed by atoms with Crippen molar-refractivity contribution in [3.8, 4) is 5.75 Å². The number of phenols is 1. The molecule has 1 amide bonds. The number of carbonyl (C=O) groups is 2. The summed E-state index contributed by atoms with van der Waals surface area (Å²) in [6, 6.07) is 12.0. The van der Waals surface area contributed by atoms with Gasteiger partial charge in [0.25, 0.3) is 5.91 Å². The zero-order valence-electron chi connectivity index (χ0n) is 17.4. The molecule has 4 aromatic rings. The van der Waals surface area contributed by atoms with Crippen molar-refractivity contribution < 1.29 is 33.0 Å². The van der Waals surface area contributed by atoms with Crippen LogP contribution >= 0.6 is 27.5 Å². The number of furan rings is 1. The number of anilines is 1. The van der Waals surface area contributed by atoms with Gasteiger partial charge in [0.15, 0.2) is 23.2 Å². The lowest BCUT2D eigenvalue weighted by atomic mass is 9.94. The van der Waals surface area contributed by atoms with Gasteiger partial charge in [0.05, 0.1) is 16.6 Å². The second-order valence-electron chi connectivity index (χ2n) is 7.77. The van der Waals surface area contributed by atoms with Gasteiger partial charge in [-0.1, -0.05) is 33.6 Å². The van der Waals surface area contributed by atoms with Gasteiger partial charge in [-0.3, -0.25) is 14.5 Å². The average Bonchev–Trinajstić information content (AvgIpc) is 3.36. The van der Waals surface area contributed by atoms with Gasteiger partial charge in [0, 0.05) is 21.6 Å². The van der Waals surface area contributed by atoms with Crippen LogP contribution in [-0.4, -0.2) is 21.9 Å². The number of amides is 1. The van der Waals surface area contributed by atoms with Crippen molar-refractivity contribution in [2.45, 2.75) is 6.04 Å². The van der Waals surface area contributed by atoms with Crippen molar-refractivity contribution in [3.05, 3.63) is 104 Å². The lowest BCUT2D eigenvalue weighted by Crippen LogP contribution is -2.31. The van der Waals surface area contributed by atoms with Gasteiger partial charge >= 0.3 is 0 Å². The number of carbonyl (C=O) groups excluding carboxylic acids is 2. The van der Waals surface area contributed by atoms with Crippen LogP contribution in [0.2, 0.25) is 5.02 Å². The van der Waals surface area contributed by atoms with Gasteiger partial charge in [-0.05, 0) is 54.1 Å². The third-order valence-electron chi connectivity index (χ3n) is 5.62. The molecule has 1 unspecified atom stereocenters. The number of nitrogens with zero attached hydrogens (tertiary/aromatic N) is 1. The third-order valence-corrected chi connectivity index (χ3v) is 6.42. The number of aromatic hydroxyl groups is 1. The highest BCUT2D eigenvalue weighted by Crippen LogP contribution is 2.44. The van der Waals surface area contributed by atoms with Crippen LogP contribution in [0, 0.1) is 11.6 Å². The smallest absolute Gasteiger partial charge is 0.294 e. The van der Waals surface area contributed by atoms with Crippen LogP contribution in [0.15, 0.2) is 80.9 Å². The highest BCUT2D eigenvalue weighted by Gasteiger charge is 2.45. The molecule has 0 saturated carbocycles. The van der Waals surface area contributed by atoms with E-state index in [2.05, 4.69) is 15.9 Å². The third kappa shape index (κ3) is 3.86. The Hall–Kier alpha value is -3.69. The van der Waals surface area contributed by atoms with Crippen molar-refractivity contribution in [1.29, 1.82) is 0 Å². The average molecular weight is 561 g/mol. The first-order valence-corrected chi connectivity index (χ1v) is 11.3. The molecular formula is C25H13BrClF2NO5. The van der Waals surface area contributed by atoms with E-state index in [0.717, 1.165) is 27.6 Å². The van der Waals surface area contributed by atoms with Gasteiger partial charge in [0.1, 0.15) is 11.3 Å². The van der Waals surface area contributed by atoms with Crippen molar-refractivity contribution >= 4 is 55.9 Å². The Kier molecular flexibility index (Phi) is 5.61. The summed E-state index contributed by atoms with van der Waals surface area (Å²) in [6.45, 7) is 0. The standard InChI is InChI=1S/C25H13BrClF2NO5/c26-13-2-6-19-12(7-13)9-20(35-19)23(32)21-22(11-1-5-18(31)15(27)8-11)30(25(34)24(21)33)14-3-4-16(28)17(29)10-14/h1-10,22,31,33H. The van der Waals surface area contributed by atoms with Crippen LogP contribution in [0.4, 0.5) is 14.5 Å². The van der Waals surface area contributed by atoms with E-state index >= 15 is 0 Å². The Morgan fingerprint density at radius 1 is 1.00 bits per heavy atom. The Bertz CT molecular complexity index is 1580. The van der Waals surface area contributed by atoms with Crippen LogP contribution in [0.25, 0.3) is 11.0 Å². The number of ketones is 1. The molecule has 0 aliphatic carbocycles. The minimum absolute atomic E-state index is 0.0769. The van der Waals surface area contributed by atoms with Crippen molar-refractivity contribution in [1.82, 2.24) is 0 Å². The summed E-state index contributed by atoms with van der Waals surface area (Å²) in [4.78, 5) is 27.7. The summed E-state index contributed by atoms with van der Waals surface area (Å²) in [6.07, 6.45) is 0. The molecule has 35 heavy (non-hydrogen) atoms. The lowest BCUT2D eigenvalue weighted by Gasteiger charge is -2.27. The highest BCUT2D eigenvalue weighted by atomic mass is 79.9. The predicted octanol–water partition coefficient (Wildman–Crippen LogP) is 6.62. The Morgan fingerprint density at radius 2 is 1.77 bits per heavy atom. The van der Waals surface area contributed by atoms with Gasteiger partial charge in [-0.25, -0.2) is 8.78 Å². The first-order chi connectivity index (χ1) is 16.7. The molecule has 2 N–H and O–H groups in total. The van der Waals surface area contributed by atoms with Crippen LogP contribution in [0.1, 0.15) is 22.2 Å². The van der Waals surface area contributed by atoms with E-state index in [-0.39, 0.29) is 33.4 Å². The van der Waals surface area contributed by atoms with E-state index in [1.165, 1.54) is 24.3 Å². The van der Waals surface area contributed by atoms with Crippen LogP contribution in [0.3, 0.4) is 0 Å². The van der Waals surface area contributed by atoms with Crippen molar-refractivity contribution in [2.75, 3.05) is 4.90 Å². The minimum atomic E-state index is -1.28. The summed E-state index contributed by atoms with van der Waals surface area (Å²) in [5.74, 6) is -5.42. The SMILES string of the molecule is O=C(C1=C(O)C(=O)N(c2ccc(F)c(F)c2)C1c1ccc(O)c(Cl)c1)c1cc2cc(Br)ccc2o1. The van der Waals surface area contributed by atoms with Gasteiger partial charge in [0.2, 0.25) is 5.78 Å². The highest BCUT2D eigenvalue weighted by molar-refractivity contribution is 9.10. The van der Waals surface area contributed by atoms with Crippen molar-refractivity contribution in [2.24, 2.45) is 0 Å². The fraction of sp³-hybridized carbons (Fsp3) is 0.0400. The number of aliphatic hydroxyl groups is 1. The minimum Gasteiger partial charge on any atom is -0.506 e. The van der Waals surface area contributed by atoms with Crippen LogP contribution in [0.5, 0.6) is 5.75 Å². The Labute approximate surface area is 209 Å². The lowest BCUT2D eigenvalue weighted by molar-refractivity contribution is -0.117. The molecule has 1 aliphatic heterocycles. The molecule has 1 aliphatic rings. The second-order valence-corrected chi connectivity index (χ2v) is 9.09. The molecular weight excluding hydrogens is 548 g/mol. The zero-order valence-corrected chi connectivity index (χ0v) is 19.8. The zero-order chi connectivity index (χ0) is 25.0. The number of hydrogen-bond acceptors (Lipinski definition) is 5. The van der Waals surface area contributed by atoms with E-state index in [9.17, 15) is 28.6 Å². The van der Waals surface area contributed by atoms with E-state index in [4.69, 9.17) is 16.0 Å². The molecule has 1 aromatic heterocycles. The van der Waals surface area contributed by atoms with Gasteiger partial charge < -0.3 is 14.6 Å². The number of aliphatic hydroxyl groups excluding tert-OH is 1. The number of halogens is 4. The first-order valence-electron chi connectivity index (χ1n) is 10.1. The quantitative estimate of drug-likeness (QED) is 0.274. The first kappa shape index (κ1) is 23.1. The molecule has 6 nitrogen and oxygen atoms in total. The fourth-order valence-electron chi connectivity index (χ4n) is 4.01. The monoisotopic (exact) mass is 559 g/mol. The van der Waals surface area contributed by atoms with E-state index < -0.39 is 35.1 Å². The number of Topliss-reactive ketones (excluding diaryl/α,β-unsaturated/α-hetero) is 1. The maximum atomic E-state index is 14.0. The van der Waals surface area contributed by atoms with E-state index in [0.29, 0.717) is 11.0 Å². The summed E-state index contributed by atoms with van der Waals surface area (Å²) in [5.41, 5.74) is 0.186. The summed E-state index contributed by atoms with van der Waals surface area (Å²) >= 11 is 9.41. The van der Waals surface area contributed by atoms with E-state index in [1.54, 1.807) is 18.2 Å². The molecule has 0 spiro atoms. The molecule has 176 valence electrons. The molecule has 2 heterocycles. The van der Waals surface area contributed by atoms with Gasteiger partial charge in [-0.2, -0.15) is 0 Å². The summed E-state index contributed by atoms with van der Waals surface area (Å²) in [7, 11) is 0. The predicted molar refractivity (Wildman–Crippen MR) is 128 cm³/mol. The van der Waals surface area contributed by atoms with Crippen LogP contribution < -0.4 is 4.90 Å². The van der Waals surface area contributed by atoms with Crippen molar-refractivity contribution in [3.63, 3.8) is 0 Å². The second kappa shape index (κ2) is 8.51. The Balaban J connectivity index is 1.68. The maximum absolute atomic E-state index is 14.0. The van der Waals surface area contributed by atoms with Crippen LogP contribution in [-0.2, 0) is 4.79 Å². The summed E-state index contributed by atoms with van der Waals surface area (Å²) in [5, 5.41) is 21.2. The number of rotatable bonds is 4. The number of fused-ring (bicyclic) bond motifs is 1. The molecule has 3 aromatic carbocycles. The molecule has 0 fully saturated rings. The Morgan fingerprint density at radius 3 is 2.49 bits per heavy atom. The van der Waals surface area contributed by atoms with Gasteiger partial charge in [-0.15, -0.1) is 0 Å². The largest absolute Gasteiger partial charge is 0.506 e. The molecule has 10 heteroatoms. The molecule has 0 bridgehead atoms. The molecule has 5 rings (SSSR count). The van der Waals surface area contributed by atoms with E-state index in [1.807, 2.05) is 0 Å². The number of benzene rings is 3. The summed E-state index contributed by atoms with van der Waals surface area (Å²) < 4.78 is 34.0. The maximum Gasteiger partial charge on any atom is 0.294 e. The number of phenolic OH excluding ortho intramolecular Hbond substituents is 1. The molecule has 0 radical (unpaired) electrons.